The van der Waals surface area contributed by atoms with Crippen LogP contribution in [0.2, 0.25) is 0 Å². The fraction of sp³-hybridized carbons (Fsp3) is 0.353. The molecule has 0 aliphatic heterocycles. The summed E-state index contributed by atoms with van der Waals surface area (Å²) in [6, 6.07) is 9.63. The molecule has 0 aliphatic rings. The number of pyridine rings is 2. The molecule has 0 radical (unpaired) electrons. The average molecular weight is 283 g/mol. The molecule has 4 nitrogen and oxygen atoms in total. The number of carbonyl (C=O) groups excluding carboxylic acids is 1. The standard InChI is InChI=1S/C17H21N3O/c1-17(2,3)10-16(21)20-12-13-7-8-15(19-11-13)14-6-4-5-9-18-14/h4-9,11H,10,12H2,1-3H3,(H,20,21). The van der Waals surface area contributed by atoms with Crippen LogP contribution in [0.15, 0.2) is 42.7 Å². The van der Waals surface area contributed by atoms with Gasteiger partial charge in [-0.1, -0.05) is 32.9 Å². The molecule has 110 valence electrons. The smallest absolute Gasteiger partial charge is 0.220 e. The fourth-order valence-corrected chi connectivity index (χ4v) is 1.94. The molecular formula is C17H21N3O. The molecule has 4 heteroatoms. The van der Waals surface area contributed by atoms with Crippen molar-refractivity contribution < 1.29 is 4.79 Å². The van der Waals surface area contributed by atoms with Crippen LogP contribution in [0.3, 0.4) is 0 Å². The zero-order valence-corrected chi connectivity index (χ0v) is 12.8. The lowest BCUT2D eigenvalue weighted by atomic mass is 9.92. The summed E-state index contributed by atoms with van der Waals surface area (Å²) < 4.78 is 0. The van der Waals surface area contributed by atoms with Crippen LogP contribution >= 0.6 is 0 Å². The summed E-state index contributed by atoms with van der Waals surface area (Å²) in [5.74, 6) is 0.0660. The van der Waals surface area contributed by atoms with Crippen molar-refractivity contribution in [2.45, 2.75) is 33.7 Å². The van der Waals surface area contributed by atoms with Gasteiger partial charge in [-0.3, -0.25) is 14.8 Å². The van der Waals surface area contributed by atoms with E-state index in [1.807, 2.05) is 30.3 Å². The Morgan fingerprint density at radius 3 is 2.43 bits per heavy atom. The number of hydrogen-bond acceptors (Lipinski definition) is 3. The zero-order valence-electron chi connectivity index (χ0n) is 12.8. The number of nitrogens with one attached hydrogen (secondary N) is 1. The predicted molar refractivity (Wildman–Crippen MR) is 83.4 cm³/mol. The predicted octanol–water partition coefficient (Wildman–Crippen LogP) is 3.20. The topological polar surface area (TPSA) is 54.9 Å². The molecule has 21 heavy (non-hydrogen) atoms. The van der Waals surface area contributed by atoms with Gasteiger partial charge in [-0.05, 0) is 29.2 Å². The molecule has 1 amide bonds. The van der Waals surface area contributed by atoms with Gasteiger partial charge in [0, 0.05) is 25.4 Å². The van der Waals surface area contributed by atoms with E-state index in [1.54, 1.807) is 12.4 Å². The van der Waals surface area contributed by atoms with E-state index >= 15 is 0 Å². The van der Waals surface area contributed by atoms with Gasteiger partial charge in [0.25, 0.3) is 0 Å². The van der Waals surface area contributed by atoms with Gasteiger partial charge in [0.2, 0.25) is 5.91 Å². The van der Waals surface area contributed by atoms with E-state index in [4.69, 9.17) is 0 Å². The molecule has 1 N–H and O–H groups in total. The highest BCUT2D eigenvalue weighted by atomic mass is 16.1. The van der Waals surface area contributed by atoms with Gasteiger partial charge in [-0.25, -0.2) is 0 Å². The van der Waals surface area contributed by atoms with Crippen LogP contribution in [0, 0.1) is 5.41 Å². The average Bonchev–Trinajstić information content (AvgIpc) is 2.45. The maximum atomic E-state index is 11.8. The normalized spacial score (nSPS) is 11.2. The minimum absolute atomic E-state index is 0.00513. The Morgan fingerprint density at radius 2 is 1.86 bits per heavy atom. The third-order valence-electron chi connectivity index (χ3n) is 2.93. The molecule has 2 heterocycles. The summed E-state index contributed by atoms with van der Waals surface area (Å²) in [5.41, 5.74) is 2.67. The Bertz CT molecular complexity index is 586. The molecule has 0 atom stereocenters. The van der Waals surface area contributed by atoms with Crippen LogP contribution in [0.4, 0.5) is 0 Å². The number of hydrogen-bond donors (Lipinski definition) is 1. The van der Waals surface area contributed by atoms with Crippen LogP contribution < -0.4 is 5.32 Å². The second-order valence-electron chi connectivity index (χ2n) is 6.28. The second kappa shape index (κ2) is 6.48. The first-order valence-corrected chi connectivity index (χ1v) is 7.07. The first-order valence-electron chi connectivity index (χ1n) is 7.07. The van der Waals surface area contributed by atoms with Gasteiger partial charge in [-0.2, -0.15) is 0 Å². The summed E-state index contributed by atoms with van der Waals surface area (Å²) in [6.07, 6.45) is 4.05. The summed E-state index contributed by atoms with van der Waals surface area (Å²) in [4.78, 5) is 20.4. The number of aromatic nitrogens is 2. The van der Waals surface area contributed by atoms with Gasteiger partial charge in [-0.15, -0.1) is 0 Å². The molecule has 0 spiro atoms. The van der Waals surface area contributed by atoms with Crippen LogP contribution in [-0.4, -0.2) is 15.9 Å². The quantitative estimate of drug-likeness (QED) is 0.937. The van der Waals surface area contributed by atoms with Crippen molar-refractivity contribution in [3.8, 4) is 11.4 Å². The summed E-state index contributed by atoms with van der Waals surface area (Å²) in [6.45, 7) is 6.66. The van der Waals surface area contributed by atoms with Crippen LogP contribution in [0.25, 0.3) is 11.4 Å². The Hall–Kier alpha value is -2.23. The maximum Gasteiger partial charge on any atom is 0.220 e. The van der Waals surface area contributed by atoms with Gasteiger partial charge in [0.1, 0.15) is 0 Å². The molecular weight excluding hydrogens is 262 g/mol. The van der Waals surface area contributed by atoms with Crippen molar-refractivity contribution in [2.75, 3.05) is 0 Å². The maximum absolute atomic E-state index is 11.8. The number of nitrogens with zero attached hydrogens (tertiary/aromatic N) is 2. The lowest BCUT2D eigenvalue weighted by molar-refractivity contribution is -0.122. The van der Waals surface area contributed by atoms with Crippen LogP contribution in [0.1, 0.15) is 32.8 Å². The largest absolute Gasteiger partial charge is 0.352 e. The molecule has 0 saturated heterocycles. The second-order valence-corrected chi connectivity index (χ2v) is 6.28. The lowest BCUT2D eigenvalue weighted by Crippen LogP contribution is -2.27. The van der Waals surface area contributed by atoms with E-state index in [9.17, 15) is 4.79 Å². The van der Waals surface area contributed by atoms with Gasteiger partial charge >= 0.3 is 0 Å². The van der Waals surface area contributed by atoms with Crippen LogP contribution in [0.5, 0.6) is 0 Å². The number of amides is 1. The van der Waals surface area contributed by atoms with Gasteiger partial charge < -0.3 is 5.32 Å². The number of rotatable bonds is 4. The van der Waals surface area contributed by atoms with E-state index in [0.29, 0.717) is 13.0 Å². The Morgan fingerprint density at radius 1 is 1.10 bits per heavy atom. The van der Waals surface area contributed by atoms with Gasteiger partial charge in [0.15, 0.2) is 0 Å². The van der Waals surface area contributed by atoms with Crippen molar-refractivity contribution in [3.63, 3.8) is 0 Å². The highest BCUT2D eigenvalue weighted by molar-refractivity contribution is 5.76. The van der Waals surface area contributed by atoms with E-state index in [0.717, 1.165) is 17.0 Å². The monoisotopic (exact) mass is 283 g/mol. The SMILES string of the molecule is CC(C)(C)CC(=O)NCc1ccc(-c2ccccn2)nc1. The van der Waals surface area contributed by atoms with E-state index < -0.39 is 0 Å². The molecule has 0 unspecified atom stereocenters. The molecule has 0 aromatic carbocycles. The first-order chi connectivity index (χ1) is 9.94. The van der Waals surface area contributed by atoms with Crippen molar-refractivity contribution in [1.29, 1.82) is 0 Å². The third kappa shape index (κ3) is 4.99. The molecule has 0 saturated carbocycles. The lowest BCUT2D eigenvalue weighted by Gasteiger charge is -2.17. The Labute approximate surface area is 125 Å². The molecule has 2 rings (SSSR count). The van der Waals surface area contributed by atoms with Crippen molar-refractivity contribution in [3.05, 3.63) is 48.3 Å². The molecule has 0 bridgehead atoms. The van der Waals surface area contributed by atoms with Crippen LogP contribution in [-0.2, 0) is 11.3 Å². The van der Waals surface area contributed by atoms with E-state index in [-0.39, 0.29) is 11.3 Å². The minimum Gasteiger partial charge on any atom is -0.352 e. The Balaban J connectivity index is 1.93. The summed E-state index contributed by atoms with van der Waals surface area (Å²) in [7, 11) is 0. The van der Waals surface area contributed by atoms with E-state index in [1.165, 1.54) is 0 Å². The molecule has 2 aromatic rings. The zero-order chi connectivity index (χ0) is 15.3. The highest BCUT2D eigenvalue weighted by Gasteiger charge is 2.15. The molecule has 2 aromatic heterocycles. The first kappa shape index (κ1) is 15.2. The third-order valence-corrected chi connectivity index (χ3v) is 2.93. The van der Waals surface area contributed by atoms with Crippen molar-refractivity contribution in [1.82, 2.24) is 15.3 Å². The van der Waals surface area contributed by atoms with Crippen molar-refractivity contribution in [2.24, 2.45) is 5.41 Å². The fourth-order valence-electron chi connectivity index (χ4n) is 1.94. The number of carbonyl (C=O) groups is 1. The molecule has 0 fully saturated rings. The molecule has 0 aliphatic carbocycles. The summed E-state index contributed by atoms with van der Waals surface area (Å²) >= 11 is 0. The van der Waals surface area contributed by atoms with Gasteiger partial charge in [0.05, 0.1) is 11.4 Å². The highest BCUT2D eigenvalue weighted by Crippen LogP contribution is 2.18. The minimum atomic E-state index is 0.00513. The summed E-state index contributed by atoms with van der Waals surface area (Å²) in [5, 5.41) is 2.92. The Kier molecular flexibility index (Phi) is 4.68. The van der Waals surface area contributed by atoms with Crippen molar-refractivity contribution >= 4 is 5.91 Å². The van der Waals surface area contributed by atoms with E-state index in [2.05, 4.69) is 36.1 Å².